The van der Waals surface area contributed by atoms with Crippen molar-refractivity contribution in [3.05, 3.63) is 22.7 Å². The Hall–Kier alpha value is -1.42. The lowest BCUT2D eigenvalue weighted by molar-refractivity contribution is -0.119. The van der Waals surface area contributed by atoms with Gasteiger partial charge >= 0.3 is 0 Å². The number of benzene rings is 1. The van der Waals surface area contributed by atoms with Gasteiger partial charge in [0.15, 0.2) is 11.5 Å². The van der Waals surface area contributed by atoms with Crippen LogP contribution in [0.3, 0.4) is 0 Å². The molecule has 1 fully saturated rings. The average Bonchev–Trinajstić information content (AvgIpc) is 2.82. The van der Waals surface area contributed by atoms with E-state index in [1.54, 1.807) is 14.2 Å². The highest BCUT2D eigenvalue weighted by Gasteiger charge is 2.36. The lowest BCUT2D eigenvalue weighted by Crippen LogP contribution is -2.43. The predicted octanol–water partition coefficient (Wildman–Crippen LogP) is 2.96. The quantitative estimate of drug-likeness (QED) is 0.909. The number of rotatable bonds is 5. The van der Waals surface area contributed by atoms with Gasteiger partial charge in [0.05, 0.1) is 19.2 Å². The molecule has 1 aliphatic rings. The minimum Gasteiger partial charge on any atom is -0.493 e. The molecule has 1 aromatic carbocycles. The number of methoxy groups -OCH3 is 2. The molecule has 2 rings (SSSR count). The van der Waals surface area contributed by atoms with Crippen LogP contribution < -0.4 is 14.8 Å². The number of hydrogen-bond donors (Lipinski definition) is 1. The van der Waals surface area contributed by atoms with Gasteiger partial charge in [0.2, 0.25) is 5.91 Å². The lowest BCUT2D eigenvalue weighted by atomic mass is 9.87. The van der Waals surface area contributed by atoms with Crippen LogP contribution in [-0.2, 0) is 11.2 Å². The Morgan fingerprint density at radius 2 is 2.10 bits per heavy atom. The molecule has 1 atom stereocenters. The number of ether oxygens (including phenoxy) is 2. The summed E-state index contributed by atoms with van der Waals surface area (Å²) in [6, 6.07) is 3.78. The van der Waals surface area contributed by atoms with Crippen LogP contribution in [-0.4, -0.2) is 25.7 Å². The first-order valence-corrected chi connectivity index (χ1v) is 7.13. The Kier molecular flexibility index (Phi) is 4.43. The van der Waals surface area contributed by atoms with Gasteiger partial charge in [0.1, 0.15) is 0 Å². The molecule has 0 saturated carbocycles. The smallest absolute Gasteiger partial charge is 0.220 e. The summed E-state index contributed by atoms with van der Waals surface area (Å²) in [7, 11) is 3.15. The molecule has 0 aromatic heterocycles. The summed E-state index contributed by atoms with van der Waals surface area (Å²) in [5, 5.41) is 3.65. The molecule has 1 aliphatic heterocycles. The fourth-order valence-electron chi connectivity index (χ4n) is 2.73. The van der Waals surface area contributed by atoms with Crippen molar-refractivity contribution in [3.8, 4) is 11.5 Å². The minimum absolute atomic E-state index is 0.114. The molecule has 0 spiro atoms. The Labute approximate surface area is 124 Å². The minimum atomic E-state index is -0.194. The summed E-state index contributed by atoms with van der Waals surface area (Å²) in [4.78, 5) is 11.5. The second-order valence-electron chi connectivity index (χ2n) is 5.13. The van der Waals surface area contributed by atoms with Crippen molar-refractivity contribution in [2.45, 2.75) is 38.1 Å². The van der Waals surface area contributed by atoms with Gasteiger partial charge in [0, 0.05) is 12.0 Å². The van der Waals surface area contributed by atoms with Crippen LogP contribution in [0.25, 0.3) is 0 Å². The number of hydrogen-bond acceptors (Lipinski definition) is 3. The summed E-state index contributed by atoms with van der Waals surface area (Å²) in [5.41, 5.74) is 0.772. The first-order valence-electron chi connectivity index (χ1n) is 6.75. The first-order chi connectivity index (χ1) is 9.55. The molecule has 0 aliphatic carbocycles. The van der Waals surface area contributed by atoms with Gasteiger partial charge < -0.3 is 14.8 Å². The van der Waals surface area contributed by atoms with Crippen molar-refractivity contribution in [1.29, 1.82) is 0 Å². The number of nitrogens with one attached hydrogen (secondary N) is 1. The zero-order chi connectivity index (χ0) is 14.8. The van der Waals surface area contributed by atoms with Gasteiger partial charge in [0.25, 0.3) is 0 Å². The molecular weight excluding hydrogens is 278 g/mol. The molecule has 1 saturated heterocycles. The molecule has 0 radical (unpaired) electrons. The summed E-state index contributed by atoms with van der Waals surface area (Å²) in [5.74, 6) is 1.27. The highest BCUT2D eigenvalue weighted by Crippen LogP contribution is 2.40. The molecule has 1 aromatic rings. The Morgan fingerprint density at radius 1 is 1.35 bits per heavy atom. The average molecular weight is 298 g/mol. The maximum absolute atomic E-state index is 11.5. The predicted molar refractivity (Wildman–Crippen MR) is 78.7 cm³/mol. The number of halogens is 1. The molecule has 4 nitrogen and oxygen atoms in total. The van der Waals surface area contributed by atoms with Crippen molar-refractivity contribution in [1.82, 2.24) is 5.32 Å². The molecule has 1 amide bonds. The Balaban J connectivity index is 2.32. The van der Waals surface area contributed by atoms with E-state index in [1.165, 1.54) is 0 Å². The molecule has 1 heterocycles. The molecular formula is C15H20ClNO3. The van der Waals surface area contributed by atoms with Crippen LogP contribution in [0.5, 0.6) is 11.5 Å². The highest BCUT2D eigenvalue weighted by atomic mass is 35.5. The third-order valence-corrected chi connectivity index (χ3v) is 4.42. The maximum atomic E-state index is 11.5. The normalized spacial score (nSPS) is 21.7. The zero-order valence-electron chi connectivity index (χ0n) is 12.1. The molecule has 1 N–H and O–H groups in total. The summed E-state index contributed by atoms with van der Waals surface area (Å²) < 4.78 is 10.5. The van der Waals surface area contributed by atoms with E-state index >= 15 is 0 Å². The van der Waals surface area contributed by atoms with E-state index in [-0.39, 0.29) is 11.4 Å². The van der Waals surface area contributed by atoms with Crippen molar-refractivity contribution >= 4 is 17.5 Å². The van der Waals surface area contributed by atoms with Crippen LogP contribution in [0.4, 0.5) is 0 Å². The number of amides is 1. The second-order valence-corrected chi connectivity index (χ2v) is 5.51. The third-order valence-electron chi connectivity index (χ3n) is 4.01. The topological polar surface area (TPSA) is 47.6 Å². The molecule has 0 bridgehead atoms. The summed E-state index contributed by atoms with van der Waals surface area (Å²) >= 11 is 6.41. The van der Waals surface area contributed by atoms with Gasteiger partial charge in [-0.15, -0.1) is 0 Å². The highest BCUT2D eigenvalue weighted by molar-refractivity contribution is 6.33. The largest absolute Gasteiger partial charge is 0.493 e. The van der Waals surface area contributed by atoms with Crippen molar-refractivity contribution in [3.63, 3.8) is 0 Å². The number of carbonyl (C=O) groups is 1. The van der Waals surface area contributed by atoms with Crippen molar-refractivity contribution in [2.24, 2.45) is 0 Å². The van der Waals surface area contributed by atoms with Crippen LogP contribution in [0, 0.1) is 0 Å². The summed E-state index contributed by atoms with van der Waals surface area (Å²) in [6.45, 7) is 2.08. The van der Waals surface area contributed by atoms with Crippen molar-refractivity contribution in [2.75, 3.05) is 14.2 Å². The van der Waals surface area contributed by atoms with E-state index in [2.05, 4.69) is 12.2 Å². The lowest BCUT2D eigenvalue weighted by Gasteiger charge is -2.28. The van der Waals surface area contributed by atoms with E-state index < -0.39 is 0 Å². The van der Waals surface area contributed by atoms with Crippen LogP contribution >= 0.6 is 11.6 Å². The molecule has 1 unspecified atom stereocenters. The third kappa shape index (κ3) is 2.70. The van der Waals surface area contributed by atoms with Gasteiger partial charge in [-0.3, -0.25) is 4.79 Å². The first kappa shape index (κ1) is 15.0. The maximum Gasteiger partial charge on any atom is 0.220 e. The fraction of sp³-hybridized carbons (Fsp3) is 0.533. The van der Waals surface area contributed by atoms with Gasteiger partial charge in [-0.1, -0.05) is 24.6 Å². The van der Waals surface area contributed by atoms with E-state index in [1.807, 2.05) is 12.1 Å². The van der Waals surface area contributed by atoms with Gasteiger partial charge in [-0.05, 0) is 30.9 Å². The molecule has 20 heavy (non-hydrogen) atoms. The number of carbonyl (C=O) groups excluding carboxylic acids is 1. The Morgan fingerprint density at radius 3 is 2.60 bits per heavy atom. The Bertz CT molecular complexity index is 518. The SMILES string of the molecule is CCC1(Cc2ccc(OC)c(OC)c2Cl)CCC(=O)N1. The van der Waals surface area contributed by atoms with Gasteiger partial charge in [-0.25, -0.2) is 0 Å². The van der Waals surface area contributed by atoms with Crippen LogP contribution in [0.2, 0.25) is 5.02 Å². The van der Waals surface area contributed by atoms with Crippen LogP contribution in [0.15, 0.2) is 12.1 Å². The molecule has 5 heteroatoms. The zero-order valence-corrected chi connectivity index (χ0v) is 12.8. The van der Waals surface area contributed by atoms with E-state index in [9.17, 15) is 4.79 Å². The van der Waals surface area contributed by atoms with E-state index in [4.69, 9.17) is 21.1 Å². The standard InChI is InChI=1S/C15H20ClNO3/c1-4-15(8-7-12(18)17-15)9-10-5-6-11(19-2)14(20-3)13(10)16/h5-6H,4,7-9H2,1-3H3,(H,17,18). The van der Waals surface area contributed by atoms with Crippen molar-refractivity contribution < 1.29 is 14.3 Å². The molecule has 110 valence electrons. The van der Waals surface area contributed by atoms with E-state index in [0.717, 1.165) is 18.4 Å². The second kappa shape index (κ2) is 5.92. The summed E-state index contributed by atoms with van der Waals surface area (Å²) in [6.07, 6.45) is 3.00. The van der Waals surface area contributed by atoms with Crippen LogP contribution in [0.1, 0.15) is 31.7 Å². The fourth-order valence-corrected chi connectivity index (χ4v) is 3.03. The van der Waals surface area contributed by atoms with E-state index in [0.29, 0.717) is 29.4 Å². The monoisotopic (exact) mass is 297 g/mol. The van der Waals surface area contributed by atoms with Gasteiger partial charge in [-0.2, -0.15) is 0 Å².